The Bertz CT molecular complexity index is 851. The predicted octanol–water partition coefficient (Wildman–Crippen LogP) is 5.18. The number of hydrogen-bond donors (Lipinski definition) is 0. The molecule has 0 bridgehead atoms. The lowest BCUT2D eigenvalue weighted by Crippen LogP contribution is -1.93. The van der Waals surface area contributed by atoms with Crippen LogP contribution in [0.15, 0.2) is 82.6 Å². The zero-order valence-corrected chi connectivity index (χ0v) is 13.5. The van der Waals surface area contributed by atoms with E-state index in [4.69, 9.17) is 0 Å². The molecule has 0 amide bonds. The van der Waals surface area contributed by atoms with Crippen molar-refractivity contribution in [3.8, 4) is 0 Å². The third-order valence-corrected chi connectivity index (χ3v) is 4.45. The van der Waals surface area contributed by atoms with Gasteiger partial charge < -0.3 is 4.74 Å². The van der Waals surface area contributed by atoms with Crippen LogP contribution in [0.4, 0.5) is 0 Å². The Kier molecular flexibility index (Phi) is 4.79. The van der Waals surface area contributed by atoms with E-state index in [0.717, 1.165) is 10.5 Å². The van der Waals surface area contributed by atoms with Gasteiger partial charge >= 0.3 is 5.97 Å². The number of esters is 1. The van der Waals surface area contributed by atoms with Crippen molar-refractivity contribution >= 4 is 34.6 Å². The molecule has 0 atom stereocenters. The summed E-state index contributed by atoms with van der Waals surface area (Å²) in [7, 11) is 1.37. The highest BCUT2D eigenvalue weighted by molar-refractivity contribution is 7.99. The van der Waals surface area contributed by atoms with E-state index in [0.29, 0.717) is 0 Å². The van der Waals surface area contributed by atoms with E-state index in [1.54, 1.807) is 17.8 Å². The van der Waals surface area contributed by atoms with Gasteiger partial charge in [0.2, 0.25) is 0 Å². The molecule has 0 spiro atoms. The van der Waals surface area contributed by atoms with Gasteiger partial charge in [-0.3, -0.25) is 0 Å². The number of fused-ring (bicyclic) bond motifs is 1. The van der Waals surface area contributed by atoms with Crippen molar-refractivity contribution in [3.05, 3.63) is 78.4 Å². The number of carbonyl (C=O) groups excluding carboxylic acids is 1. The van der Waals surface area contributed by atoms with Crippen LogP contribution < -0.4 is 0 Å². The molecule has 0 heterocycles. The van der Waals surface area contributed by atoms with Crippen LogP contribution in [0.5, 0.6) is 0 Å². The molecule has 0 fully saturated rings. The van der Waals surface area contributed by atoms with Crippen molar-refractivity contribution in [2.75, 3.05) is 7.11 Å². The number of carbonyl (C=O) groups is 1. The molecule has 0 radical (unpaired) electrons. The molecule has 114 valence electrons. The number of hydrogen-bond acceptors (Lipinski definition) is 3. The predicted molar refractivity (Wildman–Crippen MR) is 95.6 cm³/mol. The van der Waals surface area contributed by atoms with Crippen molar-refractivity contribution in [1.29, 1.82) is 0 Å². The summed E-state index contributed by atoms with van der Waals surface area (Å²) in [6.07, 6.45) is 3.17. The SMILES string of the molecule is COC(=O)C=Cc1ccc(Sc2ccc3ccccc3c2)cc1. The number of rotatable bonds is 4. The van der Waals surface area contributed by atoms with Crippen LogP contribution in [0.1, 0.15) is 5.56 Å². The van der Waals surface area contributed by atoms with Gasteiger partial charge in [-0.15, -0.1) is 0 Å². The molecule has 0 aliphatic heterocycles. The second-order valence-electron chi connectivity index (χ2n) is 5.04. The van der Waals surface area contributed by atoms with E-state index < -0.39 is 0 Å². The summed E-state index contributed by atoms with van der Waals surface area (Å²) in [6.45, 7) is 0. The van der Waals surface area contributed by atoms with E-state index in [2.05, 4.69) is 59.3 Å². The van der Waals surface area contributed by atoms with Gasteiger partial charge in [0.25, 0.3) is 0 Å². The van der Waals surface area contributed by atoms with Crippen LogP contribution in [0, 0.1) is 0 Å². The van der Waals surface area contributed by atoms with Crippen molar-refractivity contribution < 1.29 is 9.53 Å². The lowest BCUT2D eigenvalue weighted by molar-refractivity contribution is -0.134. The van der Waals surface area contributed by atoms with Crippen LogP contribution >= 0.6 is 11.8 Å². The number of ether oxygens (including phenoxy) is 1. The topological polar surface area (TPSA) is 26.3 Å². The summed E-state index contributed by atoms with van der Waals surface area (Å²) in [4.78, 5) is 13.5. The molecule has 3 rings (SSSR count). The lowest BCUT2D eigenvalue weighted by Gasteiger charge is -2.04. The van der Waals surface area contributed by atoms with Gasteiger partial charge in [-0.25, -0.2) is 4.79 Å². The summed E-state index contributed by atoms with van der Waals surface area (Å²) < 4.78 is 4.58. The van der Waals surface area contributed by atoms with Gasteiger partial charge in [-0.2, -0.15) is 0 Å². The molecule has 0 saturated carbocycles. The smallest absolute Gasteiger partial charge is 0.330 e. The molecule has 2 nitrogen and oxygen atoms in total. The van der Waals surface area contributed by atoms with E-state index in [-0.39, 0.29) is 5.97 Å². The molecule has 23 heavy (non-hydrogen) atoms. The molecule has 3 aromatic rings. The molecular weight excluding hydrogens is 304 g/mol. The summed E-state index contributed by atoms with van der Waals surface area (Å²) >= 11 is 1.72. The molecule has 0 N–H and O–H groups in total. The molecule has 0 aliphatic carbocycles. The quantitative estimate of drug-likeness (QED) is 0.489. The zero-order chi connectivity index (χ0) is 16.1. The molecule has 0 aromatic heterocycles. The lowest BCUT2D eigenvalue weighted by atomic mass is 10.1. The zero-order valence-electron chi connectivity index (χ0n) is 12.7. The molecule has 0 unspecified atom stereocenters. The van der Waals surface area contributed by atoms with E-state index in [1.807, 2.05) is 12.1 Å². The van der Waals surface area contributed by atoms with E-state index in [9.17, 15) is 4.79 Å². The Morgan fingerprint density at radius 2 is 1.61 bits per heavy atom. The van der Waals surface area contributed by atoms with Gasteiger partial charge in [-0.05, 0) is 46.7 Å². The Hall–Kier alpha value is -2.52. The van der Waals surface area contributed by atoms with Crippen molar-refractivity contribution in [3.63, 3.8) is 0 Å². The van der Waals surface area contributed by atoms with Crippen LogP contribution in [-0.2, 0) is 9.53 Å². The Morgan fingerprint density at radius 1 is 0.913 bits per heavy atom. The molecule has 3 heteroatoms. The minimum atomic E-state index is -0.348. The first-order valence-electron chi connectivity index (χ1n) is 7.27. The Labute approximate surface area is 139 Å². The second kappa shape index (κ2) is 7.16. The fourth-order valence-electron chi connectivity index (χ4n) is 2.25. The highest BCUT2D eigenvalue weighted by Crippen LogP contribution is 2.30. The van der Waals surface area contributed by atoms with Crippen LogP contribution in [0.2, 0.25) is 0 Å². The van der Waals surface area contributed by atoms with Crippen LogP contribution in [0.25, 0.3) is 16.8 Å². The van der Waals surface area contributed by atoms with Crippen LogP contribution in [0.3, 0.4) is 0 Å². The Morgan fingerprint density at radius 3 is 2.35 bits per heavy atom. The van der Waals surface area contributed by atoms with E-state index >= 15 is 0 Å². The Balaban J connectivity index is 1.74. The minimum Gasteiger partial charge on any atom is -0.466 e. The monoisotopic (exact) mass is 320 g/mol. The number of benzene rings is 3. The molecule has 0 aliphatic rings. The van der Waals surface area contributed by atoms with Gasteiger partial charge in [0.15, 0.2) is 0 Å². The second-order valence-corrected chi connectivity index (χ2v) is 6.18. The highest BCUT2D eigenvalue weighted by atomic mass is 32.2. The van der Waals surface area contributed by atoms with Gasteiger partial charge in [0.1, 0.15) is 0 Å². The molecule has 3 aromatic carbocycles. The average Bonchev–Trinajstić information content (AvgIpc) is 2.60. The molecule has 0 saturated heterocycles. The maximum Gasteiger partial charge on any atom is 0.330 e. The van der Waals surface area contributed by atoms with Crippen molar-refractivity contribution in [2.45, 2.75) is 9.79 Å². The van der Waals surface area contributed by atoms with Crippen molar-refractivity contribution in [2.24, 2.45) is 0 Å². The standard InChI is InChI=1S/C20H16O2S/c1-22-20(21)13-8-15-6-10-18(11-7-15)23-19-12-9-16-4-2-3-5-17(16)14-19/h2-14H,1H3. The first-order chi connectivity index (χ1) is 11.2. The normalized spacial score (nSPS) is 11.0. The molecular formula is C20H16O2S. The summed E-state index contributed by atoms with van der Waals surface area (Å²) in [5.74, 6) is -0.348. The third-order valence-electron chi connectivity index (χ3n) is 3.45. The average molecular weight is 320 g/mol. The van der Waals surface area contributed by atoms with Crippen molar-refractivity contribution in [1.82, 2.24) is 0 Å². The third kappa shape index (κ3) is 4.02. The van der Waals surface area contributed by atoms with Gasteiger partial charge in [0.05, 0.1) is 7.11 Å². The summed E-state index contributed by atoms with van der Waals surface area (Å²) in [6, 6.07) is 22.9. The minimum absolute atomic E-state index is 0.348. The number of methoxy groups -OCH3 is 1. The van der Waals surface area contributed by atoms with E-state index in [1.165, 1.54) is 28.9 Å². The largest absolute Gasteiger partial charge is 0.466 e. The first kappa shape index (κ1) is 15.4. The fourth-order valence-corrected chi connectivity index (χ4v) is 3.11. The van der Waals surface area contributed by atoms with Crippen LogP contribution in [-0.4, -0.2) is 13.1 Å². The highest BCUT2D eigenvalue weighted by Gasteiger charge is 2.00. The summed E-state index contributed by atoms with van der Waals surface area (Å²) in [5, 5.41) is 2.50. The summed E-state index contributed by atoms with van der Waals surface area (Å²) in [5.41, 5.74) is 0.971. The fraction of sp³-hybridized carbons (Fsp3) is 0.0500. The van der Waals surface area contributed by atoms with Gasteiger partial charge in [0, 0.05) is 15.9 Å². The maximum absolute atomic E-state index is 11.1. The first-order valence-corrected chi connectivity index (χ1v) is 8.09. The maximum atomic E-state index is 11.1. The van der Waals surface area contributed by atoms with Gasteiger partial charge in [-0.1, -0.05) is 54.2 Å².